The van der Waals surface area contributed by atoms with Gasteiger partial charge in [-0.15, -0.1) is 11.6 Å². The van der Waals surface area contributed by atoms with Gasteiger partial charge in [-0.05, 0) is 12.1 Å². The largest absolute Gasteiger partial charge is 0.383 e. The molecule has 0 saturated heterocycles. The second-order valence-electron chi connectivity index (χ2n) is 3.38. The first-order valence-electron chi connectivity index (χ1n) is 5.19. The first kappa shape index (κ1) is 15.3. The highest BCUT2D eigenvalue weighted by molar-refractivity contribution is 7.89. The molecule has 102 valence electrons. The minimum atomic E-state index is -3.98. The van der Waals surface area contributed by atoms with Gasteiger partial charge in [0.2, 0.25) is 5.03 Å². The summed E-state index contributed by atoms with van der Waals surface area (Å²) in [6, 6.07) is 2.38. The number of hydrogen-bond donors (Lipinski definition) is 0. The van der Waals surface area contributed by atoms with Gasteiger partial charge >= 0.3 is 0 Å². The molecule has 1 aromatic rings. The third-order valence-corrected chi connectivity index (χ3v) is 4.19. The summed E-state index contributed by atoms with van der Waals surface area (Å²) in [4.78, 5) is 3.57. The van der Waals surface area contributed by atoms with E-state index in [-0.39, 0.29) is 25.6 Å². The lowest BCUT2D eigenvalue weighted by Gasteiger charge is -2.20. The van der Waals surface area contributed by atoms with Crippen LogP contribution < -0.4 is 0 Å². The van der Waals surface area contributed by atoms with E-state index in [0.29, 0.717) is 0 Å². The predicted octanol–water partition coefficient (Wildman–Crippen LogP) is 1.10. The van der Waals surface area contributed by atoms with E-state index in [9.17, 15) is 12.8 Å². The highest BCUT2D eigenvalue weighted by atomic mass is 35.5. The molecular weight excluding hydrogens is 283 g/mol. The Labute approximate surface area is 111 Å². The SMILES string of the molecule is COCCN(CCCl)S(=O)(=O)c1ncccc1F. The van der Waals surface area contributed by atoms with Gasteiger partial charge < -0.3 is 4.74 Å². The summed E-state index contributed by atoms with van der Waals surface area (Å²) in [5, 5.41) is -0.591. The summed E-state index contributed by atoms with van der Waals surface area (Å²) in [6.45, 7) is 0.370. The lowest BCUT2D eigenvalue weighted by Crippen LogP contribution is -2.36. The fourth-order valence-corrected chi connectivity index (χ4v) is 3.03. The van der Waals surface area contributed by atoms with Crippen LogP contribution in [0.15, 0.2) is 23.4 Å². The summed E-state index contributed by atoms with van der Waals surface area (Å²) < 4.78 is 43.7. The number of sulfonamides is 1. The third kappa shape index (κ3) is 3.61. The molecule has 0 aliphatic rings. The van der Waals surface area contributed by atoms with E-state index in [0.717, 1.165) is 10.4 Å². The number of alkyl halides is 1. The van der Waals surface area contributed by atoms with Crippen LogP contribution in [0, 0.1) is 5.82 Å². The number of methoxy groups -OCH3 is 1. The van der Waals surface area contributed by atoms with Gasteiger partial charge in [0.1, 0.15) is 0 Å². The summed E-state index contributed by atoms with van der Waals surface area (Å²) in [5.74, 6) is -0.772. The molecule has 0 radical (unpaired) electrons. The fraction of sp³-hybridized carbons (Fsp3) is 0.500. The van der Waals surface area contributed by atoms with Crippen molar-refractivity contribution in [2.24, 2.45) is 0 Å². The van der Waals surface area contributed by atoms with E-state index >= 15 is 0 Å². The topological polar surface area (TPSA) is 59.5 Å². The van der Waals surface area contributed by atoms with Crippen LogP contribution in [0.1, 0.15) is 0 Å². The average molecular weight is 297 g/mol. The maximum absolute atomic E-state index is 13.5. The maximum atomic E-state index is 13.5. The molecule has 0 N–H and O–H groups in total. The Morgan fingerprint density at radius 1 is 1.50 bits per heavy atom. The molecule has 1 aromatic heterocycles. The molecule has 0 bridgehead atoms. The van der Waals surface area contributed by atoms with E-state index in [1.807, 2.05) is 0 Å². The second kappa shape index (κ2) is 6.98. The molecule has 0 amide bonds. The van der Waals surface area contributed by atoms with Crippen molar-refractivity contribution < 1.29 is 17.5 Å². The predicted molar refractivity (Wildman–Crippen MR) is 65.5 cm³/mol. The zero-order chi connectivity index (χ0) is 13.6. The minimum absolute atomic E-state index is 0.0727. The Kier molecular flexibility index (Phi) is 5.94. The molecule has 5 nitrogen and oxygen atoms in total. The Hall–Kier alpha value is -0.760. The molecule has 0 aromatic carbocycles. The molecule has 0 atom stereocenters. The molecule has 0 fully saturated rings. The van der Waals surface area contributed by atoms with E-state index in [1.54, 1.807) is 0 Å². The van der Waals surface area contributed by atoms with E-state index in [4.69, 9.17) is 16.3 Å². The molecule has 0 unspecified atom stereocenters. The monoisotopic (exact) mass is 296 g/mol. The van der Waals surface area contributed by atoms with Gasteiger partial charge in [-0.2, -0.15) is 4.31 Å². The van der Waals surface area contributed by atoms with Gasteiger partial charge in [0, 0.05) is 32.3 Å². The van der Waals surface area contributed by atoms with Gasteiger partial charge in [0.15, 0.2) is 5.82 Å². The molecule has 18 heavy (non-hydrogen) atoms. The number of rotatable bonds is 7. The molecule has 1 heterocycles. The standard InChI is InChI=1S/C10H14ClFN2O3S/c1-17-8-7-14(6-4-11)18(15,16)10-9(12)3-2-5-13-10/h2-3,5H,4,6-8H2,1H3. The highest BCUT2D eigenvalue weighted by Crippen LogP contribution is 2.16. The van der Waals surface area contributed by atoms with Gasteiger partial charge in [-0.25, -0.2) is 17.8 Å². The number of pyridine rings is 1. The lowest BCUT2D eigenvalue weighted by molar-refractivity contribution is 0.180. The summed E-state index contributed by atoms with van der Waals surface area (Å²) >= 11 is 5.55. The van der Waals surface area contributed by atoms with Crippen molar-refractivity contribution in [2.75, 3.05) is 32.7 Å². The number of ether oxygens (including phenoxy) is 1. The van der Waals surface area contributed by atoms with Crippen LogP contribution in [-0.4, -0.2) is 50.4 Å². The van der Waals surface area contributed by atoms with Crippen molar-refractivity contribution in [1.29, 1.82) is 0 Å². The van der Waals surface area contributed by atoms with E-state index in [2.05, 4.69) is 4.98 Å². The van der Waals surface area contributed by atoms with Crippen molar-refractivity contribution in [3.05, 3.63) is 24.1 Å². The van der Waals surface area contributed by atoms with Crippen LogP contribution in [0.2, 0.25) is 0 Å². The van der Waals surface area contributed by atoms with Crippen LogP contribution in [-0.2, 0) is 14.8 Å². The van der Waals surface area contributed by atoms with Crippen LogP contribution in [0.4, 0.5) is 4.39 Å². The second-order valence-corrected chi connectivity index (χ2v) is 5.61. The number of nitrogens with zero attached hydrogens (tertiary/aromatic N) is 2. The first-order chi connectivity index (χ1) is 8.54. The summed E-state index contributed by atoms with van der Waals surface area (Å²) in [7, 11) is -2.53. The van der Waals surface area contributed by atoms with Crippen LogP contribution in [0.25, 0.3) is 0 Å². The van der Waals surface area contributed by atoms with Crippen molar-refractivity contribution in [1.82, 2.24) is 9.29 Å². The zero-order valence-electron chi connectivity index (χ0n) is 9.84. The van der Waals surface area contributed by atoms with Gasteiger partial charge in [-0.1, -0.05) is 0 Å². The van der Waals surface area contributed by atoms with Gasteiger partial charge in [0.25, 0.3) is 10.0 Å². The quantitative estimate of drug-likeness (QED) is 0.707. The van der Waals surface area contributed by atoms with Crippen LogP contribution in [0.3, 0.4) is 0 Å². The van der Waals surface area contributed by atoms with Crippen LogP contribution in [0.5, 0.6) is 0 Å². The molecular formula is C10H14ClFN2O3S. The Morgan fingerprint density at radius 2 is 2.22 bits per heavy atom. The maximum Gasteiger partial charge on any atom is 0.263 e. The number of aromatic nitrogens is 1. The summed E-state index contributed by atoms with van der Waals surface area (Å²) in [5.41, 5.74) is 0. The Bertz CT molecular complexity index is 484. The molecule has 0 spiro atoms. The van der Waals surface area contributed by atoms with Crippen molar-refractivity contribution in [3.63, 3.8) is 0 Å². The first-order valence-corrected chi connectivity index (χ1v) is 7.17. The van der Waals surface area contributed by atoms with Crippen molar-refractivity contribution >= 4 is 21.6 Å². The normalized spacial score (nSPS) is 12.0. The average Bonchev–Trinajstić information content (AvgIpc) is 2.34. The minimum Gasteiger partial charge on any atom is -0.383 e. The molecule has 8 heteroatoms. The smallest absolute Gasteiger partial charge is 0.263 e. The molecule has 0 aliphatic carbocycles. The molecule has 0 aliphatic heterocycles. The number of halogens is 2. The highest BCUT2D eigenvalue weighted by Gasteiger charge is 2.28. The van der Waals surface area contributed by atoms with E-state index in [1.165, 1.54) is 19.4 Å². The number of hydrogen-bond acceptors (Lipinski definition) is 4. The van der Waals surface area contributed by atoms with E-state index < -0.39 is 20.9 Å². The fourth-order valence-electron chi connectivity index (χ4n) is 1.32. The Balaban J connectivity index is 3.05. The zero-order valence-corrected chi connectivity index (χ0v) is 11.4. The van der Waals surface area contributed by atoms with Gasteiger partial charge in [0.05, 0.1) is 6.61 Å². The molecule has 0 saturated carbocycles. The summed E-state index contributed by atoms with van der Waals surface area (Å²) in [6.07, 6.45) is 1.23. The van der Waals surface area contributed by atoms with Crippen molar-refractivity contribution in [3.8, 4) is 0 Å². The lowest BCUT2D eigenvalue weighted by atomic mass is 10.5. The van der Waals surface area contributed by atoms with Crippen LogP contribution >= 0.6 is 11.6 Å². The van der Waals surface area contributed by atoms with Crippen molar-refractivity contribution in [2.45, 2.75) is 5.03 Å². The third-order valence-electron chi connectivity index (χ3n) is 2.19. The van der Waals surface area contributed by atoms with Gasteiger partial charge in [-0.3, -0.25) is 0 Å². The Morgan fingerprint density at radius 3 is 2.78 bits per heavy atom. The molecule has 1 rings (SSSR count).